The van der Waals surface area contributed by atoms with Crippen molar-refractivity contribution in [3.8, 4) is 0 Å². The van der Waals surface area contributed by atoms with Crippen molar-refractivity contribution in [3.63, 3.8) is 0 Å². The first-order valence-electron chi connectivity index (χ1n) is 4.63. The van der Waals surface area contributed by atoms with Crippen LogP contribution in [0.15, 0.2) is 29.2 Å². The van der Waals surface area contributed by atoms with Gasteiger partial charge in [-0.15, -0.1) is 0 Å². The summed E-state index contributed by atoms with van der Waals surface area (Å²) in [4.78, 5) is 10.4. The van der Waals surface area contributed by atoms with Gasteiger partial charge in [0, 0.05) is 5.02 Å². The molecule has 0 bridgehead atoms. The number of rotatable bonds is 3. The summed E-state index contributed by atoms with van der Waals surface area (Å²) >= 11 is 5.51. The Morgan fingerprint density at radius 1 is 1.22 bits per heavy atom. The number of alkyl halides is 3. The van der Waals surface area contributed by atoms with Crippen molar-refractivity contribution in [2.45, 2.75) is 23.2 Å². The Morgan fingerprint density at radius 2 is 1.67 bits per heavy atom. The Kier molecular flexibility index (Phi) is 4.07. The average Bonchev–Trinajstić information content (AvgIpc) is 2.14. The van der Waals surface area contributed by atoms with E-state index in [0.717, 1.165) is 24.3 Å². The summed E-state index contributed by atoms with van der Waals surface area (Å²) in [5, 5.41) is -2.87. The molecule has 0 aliphatic heterocycles. The van der Waals surface area contributed by atoms with E-state index in [1.807, 2.05) is 0 Å². The summed E-state index contributed by atoms with van der Waals surface area (Å²) in [6.45, 7) is 0.589. The Morgan fingerprint density at radius 3 is 2.00 bits per heavy atom. The van der Waals surface area contributed by atoms with Gasteiger partial charge in [-0.25, -0.2) is 8.42 Å². The van der Waals surface area contributed by atoms with Crippen LogP contribution in [0.4, 0.5) is 13.2 Å². The van der Waals surface area contributed by atoms with Crippen LogP contribution in [-0.2, 0) is 14.6 Å². The topological polar surface area (TPSA) is 51.2 Å². The monoisotopic (exact) mass is 300 g/mol. The summed E-state index contributed by atoms with van der Waals surface area (Å²) in [5.74, 6) is -1.47. The Balaban J connectivity index is 3.35. The number of carbonyl (C=O) groups is 1. The molecule has 0 heterocycles. The molecule has 100 valence electrons. The summed E-state index contributed by atoms with van der Waals surface area (Å²) < 4.78 is 61.3. The average molecular weight is 301 g/mol. The van der Waals surface area contributed by atoms with E-state index in [0.29, 0.717) is 6.92 Å². The minimum Gasteiger partial charge on any atom is -0.298 e. The van der Waals surface area contributed by atoms with Crippen molar-refractivity contribution < 1.29 is 26.4 Å². The molecule has 0 radical (unpaired) electrons. The molecule has 18 heavy (non-hydrogen) atoms. The number of Topliss-reactive ketones (excluding diaryl/α,β-unsaturated/α-hetero) is 1. The van der Waals surface area contributed by atoms with Gasteiger partial charge in [0.05, 0.1) is 4.90 Å². The molecule has 1 aromatic rings. The van der Waals surface area contributed by atoms with E-state index in [2.05, 4.69) is 0 Å². The number of hydrogen-bond donors (Lipinski definition) is 0. The molecule has 0 amide bonds. The van der Waals surface area contributed by atoms with Gasteiger partial charge in [0.1, 0.15) is 0 Å². The maximum atomic E-state index is 12.6. The van der Waals surface area contributed by atoms with Gasteiger partial charge in [0.2, 0.25) is 5.25 Å². The van der Waals surface area contributed by atoms with Crippen LogP contribution in [0, 0.1) is 0 Å². The zero-order valence-electron chi connectivity index (χ0n) is 9.03. The number of benzene rings is 1. The van der Waals surface area contributed by atoms with Gasteiger partial charge in [-0.2, -0.15) is 13.2 Å². The van der Waals surface area contributed by atoms with Gasteiger partial charge >= 0.3 is 6.18 Å². The van der Waals surface area contributed by atoms with Crippen LogP contribution in [0.5, 0.6) is 0 Å². The molecule has 1 unspecified atom stereocenters. The van der Waals surface area contributed by atoms with Crippen LogP contribution >= 0.6 is 11.6 Å². The zero-order valence-corrected chi connectivity index (χ0v) is 10.6. The molecule has 1 atom stereocenters. The maximum Gasteiger partial charge on any atom is 0.412 e. The molecule has 8 heteroatoms. The molecule has 0 saturated heterocycles. The van der Waals surface area contributed by atoms with Gasteiger partial charge in [-0.05, 0) is 31.2 Å². The molecule has 0 aliphatic rings. The van der Waals surface area contributed by atoms with Gasteiger partial charge in [-0.3, -0.25) is 4.79 Å². The first kappa shape index (κ1) is 15.0. The molecule has 0 N–H and O–H groups in total. The fourth-order valence-corrected chi connectivity index (χ4v) is 3.09. The number of carbonyl (C=O) groups excluding carboxylic acids is 1. The minimum absolute atomic E-state index is 0.181. The van der Waals surface area contributed by atoms with Crippen molar-refractivity contribution in [2.24, 2.45) is 0 Å². The molecular formula is C10H8ClF3O3S. The van der Waals surface area contributed by atoms with E-state index >= 15 is 0 Å². The standard InChI is InChI=1S/C10H8ClF3O3S/c1-6(15)9(10(12,13)14)18(16,17)8-4-2-7(11)3-5-8/h2-5,9H,1H3. The van der Waals surface area contributed by atoms with Gasteiger partial charge in [0.15, 0.2) is 15.6 Å². The summed E-state index contributed by atoms with van der Waals surface area (Å²) in [6, 6.07) is 4.14. The van der Waals surface area contributed by atoms with E-state index in [-0.39, 0.29) is 5.02 Å². The lowest BCUT2D eigenvalue weighted by Gasteiger charge is -2.17. The highest BCUT2D eigenvalue weighted by Gasteiger charge is 2.52. The quantitative estimate of drug-likeness (QED) is 0.862. The van der Waals surface area contributed by atoms with Gasteiger partial charge in [-0.1, -0.05) is 11.6 Å². The summed E-state index contributed by atoms with van der Waals surface area (Å²) in [6.07, 6.45) is -5.15. The molecule has 0 aliphatic carbocycles. The highest BCUT2D eigenvalue weighted by Crippen LogP contribution is 2.31. The second-order valence-electron chi connectivity index (χ2n) is 3.53. The second-order valence-corrected chi connectivity index (χ2v) is 6.00. The summed E-state index contributed by atoms with van der Waals surface area (Å²) in [5.41, 5.74) is 0. The van der Waals surface area contributed by atoms with Crippen LogP contribution in [0.2, 0.25) is 5.02 Å². The Bertz CT molecular complexity index is 549. The minimum atomic E-state index is -5.15. The Labute approximate surface area is 106 Å². The highest BCUT2D eigenvalue weighted by atomic mass is 35.5. The fraction of sp³-hybridized carbons (Fsp3) is 0.300. The third-order valence-electron chi connectivity index (χ3n) is 2.12. The van der Waals surface area contributed by atoms with E-state index in [1.165, 1.54) is 0 Å². The lowest BCUT2D eigenvalue weighted by molar-refractivity contribution is -0.148. The highest BCUT2D eigenvalue weighted by molar-refractivity contribution is 7.92. The number of ketones is 1. The van der Waals surface area contributed by atoms with Crippen LogP contribution in [0.25, 0.3) is 0 Å². The largest absolute Gasteiger partial charge is 0.412 e. The molecule has 0 fully saturated rings. The van der Waals surface area contributed by atoms with Crippen LogP contribution in [0.1, 0.15) is 6.92 Å². The predicted molar refractivity (Wildman–Crippen MR) is 59.2 cm³/mol. The van der Waals surface area contributed by atoms with Crippen molar-refractivity contribution in [3.05, 3.63) is 29.3 Å². The first-order chi connectivity index (χ1) is 8.06. The number of sulfone groups is 1. The smallest absolute Gasteiger partial charge is 0.298 e. The van der Waals surface area contributed by atoms with Crippen LogP contribution in [0.3, 0.4) is 0 Å². The van der Waals surface area contributed by atoms with E-state index in [9.17, 15) is 26.4 Å². The number of hydrogen-bond acceptors (Lipinski definition) is 3. The second kappa shape index (κ2) is 4.89. The van der Waals surface area contributed by atoms with Crippen LogP contribution < -0.4 is 0 Å². The molecular weight excluding hydrogens is 293 g/mol. The van der Waals surface area contributed by atoms with Gasteiger partial charge in [0.25, 0.3) is 0 Å². The Hall–Kier alpha value is -1.08. The van der Waals surface area contributed by atoms with E-state index < -0.39 is 31.9 Å². The lowest BCUT2D eigenvalue weighted by atomic mass is 10.3. The van der Waals surface area contributed by atoms with Crippen LogP contribution in [-0.4, -0.2) is 25.6 Å². The maximum absolute atomic E-state index is 12.6. The lowest BCUT2D eigenvalue weighted by Crippen LogP contribution is -2.42. The predicted octanol–water partition coefficient (Wildman–Crippen LogP) is 2.63. The fourth-order valence-electron chi connectivity index (χ4n) is 1.39. The zero-order chi connectivity index (χ0) is 14.1. The van der Waals surface area contributed by atoms with Crippen molar-refractivity contribution in [1.29, 1.82) is 0 Å². The molecule has 3 nitrogen and oxygen atoms in total. The van der Waals surface area contributed by atoms with Crippen molar-refractivity contribution in [1.82, 2.24) is 0 Å². The van der Waals surface area contributed by atoms with Crippen molar-refractivity contribution in [2.75, 3.05) is 0 Å². The molecule has 0 aromatic heterocycles. The molecule has 1 rings (SSSR count). The number of halogens is 4. The van der Waals surface area contributed by atoms with E-state index in [1.54, 1.807) is 0 Å². The van der Waals surface area contributed by atoms with Gasteiger partial charge < -0.3 is 0 Å². The molecule has 1 aromatic carbocycles. The van der Waals surface area contributed by atoms with E-state index in [4.69, 9.17) is 11.6 Å². The SMILES string of the molecule is CC(=O)C(C(F)(F)F)S(=O)(=O)c1ccc(Cl)cc1. The normalized spacial score (nSPS) is 14.3. The summed E-state index contributed by atoms with van der Waals surface area (Å²) in [7, 11) is -4.81. The molecule has 0 spiro atoms. The third-order valence-corrected chi connectivity index (χ3v) is 4.52. The third kappa shape index (κ3) is 3.02. The first-order valence-corrected chi connectivity index (χ1v) is 6.56. The molecule has 0 saturated carbocycles. The van der Waals surface area contributed by atoms with Crippen molar-refractivity contribution >= 4 is 27.2 Å².